The zero-order valence-electron chi connectivity index (χ0n) is 9.98. The number of sulfonamides is 1. The molecule has 5 nitrogen and oxygen atoms in total. The van der Waals surface area contributed by atoms with E-state index in [-0.39, 0.29) is 18.7 Å². The molecule has 0 amide bonds. The Morgan fingerprint density at radius 3 is 2.44 bits per heavy atom. The van der Waals surface area contributed by atoms with Gasteiger partial charge in [0.25, 0.3) is 0 Å². The summed E-state index contributed by atoms with van der Waals surface area (Å²) in [7, 11) is -0.504. The Hall–Kier alpha value is -1.09. The molecule has 0 unspecified atom stereocenters. The highest BCUT2D eigenvalue weighted by Gasteiger charge is 2.33. The van der Waals surface area contributed by atoms with Gasteiger partial charge in [-0.1, -0.05) is 0 Å². The predicted octanol–water partition coefficient (Wildman–Crippen LogP) is 1.18. The first-order valence-electron chi connectivity index (χ1n) is 5.14. The Balaban J connectivity index is 2.53. The van der Waals surface area contributed by atoms with Crippen LogP contribution in [0, 0.1) is 0 Å². The molecular formula is C9H14F3N3O2S. The van der Waals surface area contributed by atoms with Crippen LogP contribution in [0.5, 0.6) is 0 Å². The van der Waals surface area contributed by atoms with Gasteiger partial charge >= 0.3 is 6.18 Å². The monoisotopic (exact) mass is 285 g/mol. The fourth-order valence-corrected chi connectivity index (χ4v) is 2.09. The van der Waals surface area contributed by atoms with Crippen LogP contribution in [0.4, 0.5) is 13.2 Å². The van der Waals surface area contributed by atoms with Crippen molar-refractivity contribution in [2.75, 3.05) is 19.8 Å². The molecule has 104 valence electrons. The summed E-state index contributed by atoms with van der Waals surface area (Å²) in [4.78, 5) is 0. The second-order valence-corrected chi connectivity index (χ2v) is 6.22. The lowest BCUT2D eigenvalue weighted by Gasteiger charge is -2.10. The molecule has 0 aromatic carbocycles. The van der Waals surface area contributed by atoms with Gasteiger partial charge in [-0.3, -0.25) is 4.68 Å². The number of aryl methyl sites for hydroxylation is 1. The van der Waals surface area contributed by atoms with Crippen molar-refractivity contribution in [2.24, 2.45) is 0 Å². The largest absolute Gasteiger partial charge is 0.435 e. The van der Waals surface area contributed by atoms with Crippen LogP contribution < -0.4 is 0 Å². The molecule has 9 heteroatoms. The molecular weight excluding hydrogens is 271 g/mol. The van der Waals surface area contributed by atoms with Crippen LogP contribution >= 0.6 is 0 Å². The van der Waals surface area contributed by atoms with Gasteiger partial charge in [0.05, 0.1) is 5.75 Å². The molecule has 0 saturated heterocycles. The summed E-state index contributed by atoms with van der Waals surface area (Å²) in [5.74, 6) is -0.124. The maximum atomic E-state index is 12.2. The van der Waals surface area contributed by atoms with Gasteiger partial charge in [-0.05, 0) is 12.5 Å². The van der Waals surface area contributed by atoms with Crippen LogP contribution in [0.3, 0.4) is 0 Å². The van der Waals surface area contributed by atoms with Crippen LogP contribution in [0.2, 0.25) is 0 Å². The first-order valence-corrected chi connectivity index (χ1v) is 6.75. The summed E-state index contributed by atoms with van der Waals surface area (Å²) in [6, 6.07) is 0.862. The molecule has 18 heavy (non-hydrogen) atoms. The van der Waals surface area contributed by atoms with E-state index < -0.39 is 21.9 Å². The lowest BCUT2D eigenvalue weighted by Crippen LogP contribution is -2.25. The zero-order chi connectivity index (χ0) is 14.0. The summed E-state index contributed by atoms with van der Waals surface area (Å²) in [6.07, 6.45) is -3.08. The minimum atomic E-state index is -4.47. The first kappa shape index (κ1) is 15.0. The predicted molar refractivity (Wildman–Crippen MR) is 59.3 cm³/mol. The van der Waals surface area contributed by atoms with Gasteiger partial charge in [-0.15, -0.1) is 0 Å². The SMILES string of the molecule is CN(C)S(=O)(=O)CCCn1ccc(C(F)(F)F)n1. The number of alkyl halides is 3. The number of hydrogen-bond acceptors (Lipinski definition) is 3. The van der Waals surface area contributed by atoms with Gasteiger partial charge in [0.1, 0.15) is 0 Å². The van der Waals surface area contributed by atoms with Crippen molar-refractivity contribution < 1.29 is 21.6 Å². The van der Waals surface area contributed by atoms with E-state index >= 15 is 0 Å². The highest BCUT2D eigenvalue weighted by atomic mass is 32.2. The molecule has 0 fully saturated rings. The Morgan fingerprint density at radius 2 is 2.00 bits per heavy atom. The van der Waals surface area contributed by atoms with Crippen molar-refractivity contribution >= 4 is 10.0 Å². The van der Waals surface area contributed by atoms with Gasteiger partial charge in [0, 0.05) is 26.8 Å². The number of aromatic nitrogens is 2. The molecule has 1 aromatic rings. The van der Waals surface area contributed by atoms with Crippen LogP contribution in [-0.4, -0.2) is 42.4 Å². The molecule has 0 N–H and O–H groups in total. The third kappa shape index (κ3) is 3.98. The smallest absolute Gasteiger partial charge is 0.272 e. The van der Waals surface area contributed by atoms with E-state index in [0.29, 0.717) is 0 Å². The standard InChI is InChI=1S/C9H14F3N3O2S/c1-14(2)18(16,17)7-3-5-15-6-4-8(13-15)9(10,11)12/h4,6H,3,5,7H2,1-2H3. The second kappa shape index (κ2) is 5.27. The molecule has 0 aliphatic carbocycles. The summed E-state index contributed by atoms with van der Waals surface area (Å²) in [6.45, 7) is 0.128. The van der Waals surface area contributed by atoms with E-state index in [1.165, 1.54) is 20.3 Å². The quantitative estimate of drug-likeness (QED) is 0.816. The fourth-order valence-electron chi connectivity index (χ4n) is 1.23. The molecule has 0 radical (unpaired) electrons. The molecule has 0 saturated carbocycles. The highest BCUT2D eigenvalue weighted by Crippen LogP contribution is 2.27. The summed E-state index contributed by atoms with van der Waals surface area (Å²) in [5, 5.41) is 3.33. The van der Waals surface area contributed by atoms with E-state index in [4.69, 9.17) is 0 Å². The molecule has 1 rings (SSSR count). The average molecular weight is 285 g/mol. The number of hydrogen-bond donors (Lipinski definition) is 0. The minimum Gasteiger partial charge on any atom is -0.272 e. The van der Waals surface area contributed by atoms with Gasteiger partial charge in [0.2, 0.25) is 10.0 Å². The Morgan fingerprint density at radius 1 is 1.39 bits per heavy atom. The van der Waals surface area contributed by atoms with Crippen molar-refractivity contribution in [2.45, 2.75) is 19.1 Å². The van der Waals surface area contributed by atoms with E-state index in [0.717, 1.165) is 15.1 Å². The highest BCUT2D eigenvalue weighted by molar-refractivity contribution is 7.89. The van der Waals surface area contributed by atoms with Gasteiger partial charge in [-0.2, -0.15) is 18.3 Å². The summed E-state index contributed by atoms with van der Waals surface area (Å²) in [5.41, 5.74) is -0.974. The van der Waals surface area contributed by atoms with Gasteiger partial charge in [0.15, 0.2) is 5.69 Å². The molecule has 0 aliphatic rings. The second-order valence-electron chi connectivity index (χ2n) is 3.91. The van der Waals surface area contributed by atoms with E-state index in [2.05, 4.69) is 5.10 Å². The van der Waals surface area contributed by atoms with Gasteiger partial charge in [-0.25, -0.2) is 12.7 Å². The van der Waals surface area contributed by atoms with E-state index in [1.807, 2.05) is 0 Å². The average Bonchev–Trinajstić information content (AvgIpc) is 2.65. The molecule has 1 heterocycles. The number of halogens is 3. The van der Waals surface area contributed by atoms with Crippen LogP contribution in [0.25, 0.3) is 0 Å². The molecule has 0 atom stereocenters. The Bertz CT molecular complexity index is 493. The topological polar surface area (TPSA) is 55.2 Å². The first-order chi connectivity index (χ1) is 8.13. The number of rotatable bonds is 5. The van der Waals surface area contributed by atoms with Crippen LogP contribution in [0.15, 0.2) is 12.3 Å². The lowest BCUT2D eigenvalue weighted by molar-refractivity contribution is -0.141. The third-order valence-corrected chi connectivity index (χ3v) is 4.19. The molecule has 0 bridgehead atoms. The van der Waals surface area contributed by atoms with Crippen molar-refractivity contribution in [3.8, 4) is 0 Å². The Kier molecular flexibility index (Phi) is 4.38. The van der Waals surface area contributed by atoms with Crippen molar-refractivity contribution in [3.63, 3.8) is 0 Å². The van der Waals surface area contributed by atoms with Crippen molar-refractivity contribution in [1.82, 2.24) is 14.1 Å². The minimum absolute atomic E-state index is 0.124. The van der Waals surface area contributed by atoms with E-state index in [9.17, 15) is 21.6 Å². The summed E-state index contributed by atoms with van der Waals surface area (Å²) < 4.78 is 61.7. The molecule has 0 spiro atoms. The van der Waals surface area contributed by atoms with Crippen molar-refractivity contribution in [1.29, 1.82) is 0 Å². The maximum Gasteiger partial charge on any atom is 0.435 e. The van der Waals surface area contributed by atoms with Crippen LogP contribution in [0.1, 0.15) is 12.1 Å². The van der Waals surface area contributed by atoms with Crippen LogP contribution in [-0.2, 0) is 22.7 Å². The van der Waals surface area contributed by atoms with E-state index in [1.54, 1.807) is 0 Å². The zero-order valence-corrected chi connectivity index (χ0v) is 10.8. The van der Waals surface area contributed by atoms with Crippen molar-refractivity contribution in [3.05, 3.63) is 18.0 Å². The lowest BCUT2D eigenvalue weighted by atomic mass is 10.4. The Labute approximate surface area is 103 Å². The third-order valence-electron chi connectivity index (χ3n) is 2.28. The maximum absolute atomic E-state index is 12.2. The molecule has 0 aliphatic heterocycles. The normalized spacial score (nSPS) is 13.2. The number of nitrogens with zero attached hydrogens (tertiary/aromatic N) is 3. The fraction of sp³-hybridized carbons (Fsp3) is 0.667. The van der Waals surface area contributed by atoms with Gasteiger partial charge < -0.3 is 0 Å². The summed E-state index contributed by atoms with van der Waals surface area (Å²) >= 11 is 0. The molecule has 1 aromatic heterocycles.